The van der Waals surface area contributed by atoms with E-state index in [1.54, 1.807) is 44.2 Å². The Bertz CT molecular complexity index is 951. The molecule has 29 heavy (non-hydrogen) atoms. The van der Waals surface area contributed by atoms with Crippen LogP contribution in [0, 0.1) is 13.8 Å². The lowest BCUT2D eigenvalue weighted by Crippen LogP contribution is -2.27. The molecule has 0 aliphatic heterocycles. The number of hydrogen-bond donors (Lipinski definition) is 2. The first-order valence-electron chi connectivity index (χ1n) is 9.19. The number of carbonyl (C=O) groups is 2. The minimum atomic E-state index is -3.39. The lowest BCUT2D eigenvalue weighted by molar-refractivity contribution is 0.0386. The SMILES string of the molecule is COCCOC(=O)c1c(C)[nH]c(C(=O)NCCCS(=O)(=O)c2ccccc2)c1C. The standard InChI is InChI=1S/C20H26N2O6S/c1-14-17(20(24)28-12-11-27-3)15(2)22-18(14)19(23)21-10-7-13-29(25,26)16-8-5-4-6-9-16/h4-6,8-9,22H,7,10-13H2,1-3H3,(H,21,23). The van der Waals surface area contributed by atoms with Crippen LogP contribution < -0.4 is 5.32 Å². The van der Waals surface area contributed by atoms with Gasteiger partial charge in [-0.2, -0.15) is 0 Å². The van der Waals surface area contributed by atoms with Crippen LogP contribution in [0.2, 0.25) is 0 Å². The molecule has 1 aromatic heterocycles. The predicted octanol–water partition coefficient (Wildman–Crippen LogP) is 2.03. The van der Waals surface area contributed by atoms with E-state index < -0.39 is 21.7 Å². The van der Waals surface area contributed by atoms with E-state index in [2.05, 4.69) is 10.3 Å². The van der Waals surface area contributed by atoms with Crippen molar-refractivity contribution in [3.8, 4) is 0 Å². The van der Waals surface area contributed by atoms with Crippen LogP contribution in [-0.4, -0.2) is 57.9 Å². The van der Waals surface area contributed by atoms with Gasteiger partial charge in [-0.3, -0.25) is 4.79 Å². The number of hydrogen-bond acceptors (Lipinski definition) is 6. The summed E-state index contributed by atoms with van der Waals surface area (Å²) in [5.74, 6) is -1.00. The first kappa shape index (κ1) is 22.6. The molecule has 2 aromatic rings. The molecule has 9 heteroatoms. The third-order valence-corrected chi connectivity index (χ3v) is 6.18. The number of sulfone groups is 1. The lowest BCUT2D eigenvalue weighted by atomic mass is 10.1. The van der Waals surface area contributed by atoms with Crippen LogP contribution in [0.4, 0.5) is 0 Å². The van der Waals surface area contributed by atoms with Crippen molar-refractivity contribution in [3.63, 3.8) is 0 Å². The van der Waals surface area contributed by atoms with Gasteiger partial charge in [0.05, 0.1) is 22.8 Å². The summed E-state index contributed by atoms with van der Waals surface area (Å²) in [4.78, 5) is 27.8. The molecule has 0 spiro atoms. The molecule has 2 rings (SSSR count). The van der Waals surface area contributed by atoms with Crippen molar-refractivity contribution in [2.24, 2.45) is 0 Å². The van der Waals surface area contributed by atoms with Gasteiger partial charge >= 0.3 is 5.97 Å². The fourth-order valence-electron chi connectivity index (χ4n) is 2.87. The molecule has 8 nitrogen and oxygen atoms in total. The third-order valence-electron chi connectivity index (χ3n) is 4.37. The number of esters is 1. The van der Waals surface area contributed by atoms with E-state index in [-0.39, 0.29) is 42.5 Å². The van der Waals surface area contributed by atoms with E-state index in [4.69, 9.17) is 9.47 Å². The minimum absolute atomic E-state index is 0.0723. The van der Waals surface area contributed by atoms with E-state index >= 15 is 0 Å². The van der Waals surface area contributed by atoms with Gasteiger partial charge in [0.2, 0.25) is 0 Å². The number of benzene rings is 1. The van der Waals surface area contributed by atoms with Crippen molar-refractivity contribution in [2.45, 2.75) is 25.2 Å². The molecular weight excluding hydrogens is 396 g/mol. The molecule has 158 valence electrons. The summed E-state index contributed by atoms with van der Waals surface area (Å²) in [6.45, 7) is 3.94. The maximum absolute atomic E-state index is 12.4. The topological polar surface area (TPSA) is 115 Å². The fraction of sp³-hybridized carbons (Fsp3) is 0.400. The van der Waals surface area contributed by atoms with Crippen LogP contribution in [-0.2, 0) is 19.3 Å². The molecule has 2 N–H and O–H groups in total. The zero-order valence-electron chi connectivity index (χ0n) is 16.8. The molecule has 0 saturated heterocycles. The molecule has 0 aliphatic rings. The Balaban J connectivity index is 1.93. The zero-order chi connectivity index (χ0) is 21.4. The monoisotopic (exact) mass is 422 g/mol. The Morgan fingerprint density at radius 2 is 1.79 bits per heavy atom. The molecule has 0 aliphatic carbocycles. The number of amides is 1. The lowest BCUT2D eigenvalue weighted by Gasteiger charge is -2.07. The Labute approximate surface area is 170 Å². The molecule has 0 saturated carbocycles. The van der Waals surface area contributed by atoms with Gasteiger partial charge in [0.25, 0.3) is 5.91 Å². The first-order valence-corrected chi connectivity index (χ1v) is 10.8. The summed E-state index contributed by atoms with van der Waals surface area (Å²) in [5.41, 5.74) is 1.59. The van der Waals surface area contributed by atoms with Crippen molar-refractivity contribution in [1.82, 2.24) is 10.3 Å². The van der Waals surface area contributed by atoms with Gasteiger partial charge in [0.15, 0.2) is 9.84 Å². The van der Waals surface area contributed by atoms with Gasteiger partial charge in [-0.05, 0) is 38.0 Å². The van der Waals surface area contributed by atoms with E-state index in [1.165, 1.54) is 7.11 Å². The average Bonchev–Trinajstić information content (AvgIpc) is 3.00. The van der Waals surface area contributed by atoms with E-state index in [1.807, 2.05) is 0 Å². The van der Waals surface area contributed by atoms with Gasteiger partial charge < -0.3 is 19.8 Å². The first-order chi connectivity index (χ1) is 13.8. The summed E-state index contributed by atoms with van der Waals surface area (Å²) in [6.07, 6.45) is 0.271. The normalized spacial score (nSPS) is 11.3. The summed E-state index contributed by atoms with van der Waals surface area (Å²) in [5, 5.41) is 2.69. The number of carbonyl (C=O) groups excluding carboxylic acids is 2. The number of aryl methyl sites for hydroxylation is 1. The highest BCUT2D eigenvalue weighted by molar-refractivity contribution is 7.91. The summed E-state index contributed by atoms with van der Waals surface area (Å²) in [6, 6.07) is 8.19. The molecule has 0 atom stereocenters. The molecule has 0 bridgehead atoms. The minimum Gasteiger partial charge on any atom is -0.460 e. The number of aromatic nitrogens is 1. The molecule has 0 unspecified atom stereocenters. The zero-order valence-corrected chi connectivity index (χ0v) is 17.6. The maximum atomic E-state index is 12.4. The summed E-state index contributed by atoms with van der Waals surface area (Å²) >= 11 is 0. The molecule has 1 aromatic carbocycles. The number of nitrogens with one attached hydrogen (secondary N) is 2. The second kappa shape index (κ2) is 10.2. The molecule has 1 amide bonds. The number of methoxy groups -OCH3 is 1. The maximum Gasteiger partial charge on any atom is 0.340 e. The number of aromatic amines is 1. The van der Waals surface area contributed by atoms with Crippen LogP contribution in [0.15, 0.2) is 35.2 Å². The van der Waals surface area contributed by atoms with Crippen LogP contribution in [0.1, 0.15) is 38.5 Å². The number of ether oxygens (including phenoxy) is 2. The van der Waals surface area contributed by atoms with Gasteiger partial charge in [0.1, 0.15) is 12.3 Å². The van der Waals surface area contributed by atoms with Gasteiger partial charge in [0, 0.05) is 19.3 Å². The Kier molecular flexibility index (Phi) is 7.98. The highest BCUT2D eigenvalue weighted by Gasteiger charge is 2.23. The predicted molar refractivity (Wildman–Crippen MR) is 108 cm³/mol. The van der Waals surface area contributed by atoms with Crippen LogP contribution in [0.5, 0.6) is 0 Å². The van der Waals surface area contributed by atoms with Crippen LogP contribution >= 0.6 is 0 Å². The van der Waals surface area contributed by atoms with E-state index in [0.29, 0.717) is 16.8 Å². The Hall–Kier alpha value is -2.65. The van der Waals surface area contributed by atoms with Crippen molar-refractivity contribution in [1.29, 1.82) is 0 Å². The van der Waals surface area contributed by atoms with Crippen LogP contribution in [0.3, 0.4) is 0 Å². The van der Waals surface area contributed by atoms with E-state index in [9.17, 15) is 18.0 Å². The fourth-order valence-corrected chi connectivity index (χ4v) is 4.20. The molecule has 0 radical (unpaired) electrons. The van der Waals surface area contributed by atoms with Crippen molar-refractivity contribution >= 4 is 21.7 Å². The molecule has 0 fully saturated rings. The van der Waals surface area contributed by atoms with Gasteiger partial charge in [-0.25, -0.2) is 13.2 Å². The molecular formula is C20H26N2O6S. The second-order valence-electron chi connectivity index (χ2n) is 6.50. The quantitative estimate of drug-likeness (QED) is 0.447. The summed E-state index contributed by atoms with van der Waals surface area (Å²) < 4.78 is 34.5. The third kappa shape index (κ3) is 5.91. The van der Waals surface area contributed by atoms with Crippen molar-refractivity contribution < 1.29 is 27.5 Å². The Morgan fingerprint density at radius 3 is 2.45 bits per heavy atom. The largest absolute Gasteiger partial charge is 0.460 e. The summed E-state index contributed by atoms with van der Waals surface area (Å²) in [7, 11) is -1.88. The van der Waals surface area contributed by atoms with Crippen molar-refractivity contribution in [3.05, 3.63) is 52.8 Å². The second-order valence-corrected chi connectivity index (χ2v) is 8.60. The van der Waals surface area contributed by atoms with Crippen LogP contribution in [0.25, 0.3) is 0 Å². The highest BCUT2D eigenvalue weighted by Crippen LogP contribution is 2.19. The Morgan fingerprint density at radius 1 is 1.10 bits per heavy atom. The smallest absolute Gasteiger partial charge is 0.340 e. The average molecular weight is 423 g/mol. The van der Waals surface area contributed by atoms with Gasteiger partial charge in [-0.15, -0.1) is 0 Å². The molecule has 1 heterocycles. The van der Waals surface area contributed by atoms with E-state index in [0.717, 1.165) is 0 Å². The van der Waals surface area contributed by atoms with Crippen molar-refractivity contribution in [2.75, 3.05) is 32.6 Å². The van der Waals surface area contributed by atoms with Gasteiger partial charge in [-0.1, -0.05) is 18.2 Å². The number of rotatable bonds is 10. The highest BCUT2D eigenvalue weighted by atomic mass is 32.2. The number of H-pyrrole nitrogens is 1.